The summed E-state index contributed by atoms with van der Waals surface area (Å²) in [6.07, 6.45) is 0. The molecule has 0 aromatic heterocycles. The summed E-state index contributed by atoms with van der Waals surface area (Å²) >= 11 is 1.71. The molecule has 6 heteroatoms. The van der Waals surface area contributed by atoms with Crippen molar-refractivity contribution in [1.29, 1.82) is 0 Å². The van der Waals surface area contributed by atoms with Crippen molar-refractivity contribution < 1.29 is 4.79 Å². The Labute approximate surface area is 174 Å². The quantitative estimate of drug-likeness (QED) is 0.344. The van der Waals surface area contributed by atoms with Gasteiger partial charge in [0.05, 0.1) is 17.2 Å². The average molecular weight is 403 g/mol. The number of para-hydroxylation sites is 1. The lowest BCUT2D eigenvalue weighted by Crippen LogP contribution is -2.23. The Morgan fingerprint density at radius 3 is 2.48 bits per heavy atom. The van der Waals surface area contributed by atoms with Gasteiger partial charge in [0.1, 0.15) is 0 Å². The van der Waals surface area contributed by atoms with Gasteiger partial charge in [-0.05, 0) is 61.5 Å². The Bertz CT molecular complexity index is 1090. The van der Waals surface area contributed by atoms with Crippen LogP contribution in [0.2, 0.25) is 0 Å². The molecular formula is C23H22N4OS. The summed E-state index contributed by atoms with van der Waals surface area (Å²) in [5.41, 5.74) is 4.40. The Morgan fingerprint density at radius 1 is 1.00 bits per heavy atom. The third kappa shape index (κ3) is 3.98. The van der Waals surface area contributed by atoms with Gasteiger partial charge in [0, 0.05) is 40.8 Å². The number of carbonyl (C=O) groups is 1. The SMILES string of the molecule is CN=C(C)N(C)c1ccc(NC(=O)c2ccc3c(c2)Nc2ccccc2S3)cc1. The maximum atomic E-state index is 12.7. The number of fused-ring (bicyclic) bond motifs is 2. The minimum Gasteiger partial charge on any atom is -0.354 e. The average Bonchev–Trinajstić information content (AvgIpc) is 2.76. The number of amides is 1. The second-order valence-corrected chi connectivity index (χ2v) is 7.85. The minimum absolute atomic E-state index is 0.133. The normalized spacial score (nSPS) is 12.4. The fraction of sp³-hybridized carbons (Fsp3) is 0.130. The summed E-state index contributed by atoms with van der Waals surface area (Å²) in [6.45, 7) is 1.95. The van der Waals surface area contributed by atoms with Crippen LogP contribution < -0.4 is 15.5 Å². The molecule has 4 rings (SSSR count). The zero-order valence-electron chi connectivity index (χ0n) is 16.6. The van der Waals surface area contributed by atoms with Crippen molar-refractivity contribution in [2.75, 3.05) is 29.6 Å². The Hall–Kier alpha value is -3.25. The molecule has 1 amide bonds. The number of nitrogens with one attached hydrogen (secondary N) is 2. The molecule has 0 radical (unpaired) electrons. The minimum atomic E-state index is -0.133. The third-order valence-electron chi connectivity index (χ3n) is 4.94. The lowest BCUT2D eigenvalue weighted by molar-refractivity contribution is 0.102. The van der Waals surface area contributed by atoms with Crippen molar-refractivity contribution in [1.82, 2.24) is 0 Å². The number of carbonyl (C=O) groups excluding carboxylic acids is 1. The maximum absolute atomic E-state index is 12.7. The molecule has 0 atom stereocenters. The van der Waals surface area contributed by atoms with Gasteiger partial charge in [-0.15, -0.1) is 0 Å². The van der Waals surface area contributed by atoms with E-state index in [2.05, 4.69) is 21.7 Å². The van der Waals surface area contributed by atoms with E-state index in [0.29, 0.717) is 5.56 Å². The van der Waals surface area contributed by atoms with Crippen LogP contribution in [-0.4, -0.2) is 25.8 Å². The Kier molecular flexibility index (Phi) is 5.27. The molecule has 1 heterocycles. The largest absolute Gasteiger partial charge is 0.354 e. The summed E-state index contributed by atoms with van der Waals surface area (Å²) in [5.74, 6) is 0.786. The summed E-state index contributed by atoms with van der Waals surface area (Å²) in [7, 11) is 3.73. The molecule has 0 spiro atoms. The first kappa shape index (κ1) is 19.1. The van der Waals surface area contributed by atoms with Gasteiger partial charge in [0.25, 0.3) is 5.91 Å². The van der Waals surface area contributed by atoms with E-state index in [4.69, 9.17) is 0 Å². The van der Waals surface area contributed by atoms with Crippen LogP contribution in [0.4, 0.5) is 22.7 Å². The van der Waals surface area contributed by atoms with Crippen LogP contribution in [0.15, 0.2) is 81.5 Å². The number of hydrogen-bond acceptors (Lipinski definition) is 4. The molecule has 29 heavy (non-hydrogen) atoms. The third-order valence-corrected chi connectivity index (χ3v) is 6.09. The molecule has 0 saturated carbocycles. The number of benzene rings is 3. The second kappa shape index (κ2) is 8.01. The van der Waals surface area contributed by atoms with Gasteiger partial charge in [0.2, 0.25) is 0 Å². The zero-order valence-corrected chi connectivity index (χ0v) is 17.4. The Balaban J connectivity index is 1.48. The van der Waals surface area contributed by atoms with Crippen LogP contribution in [0.3, 0.4) is 0 Å². The first-order valence-corrected chi connectivity index (χ1v) is 10.1. The van der Waals surface area contributed by atoms with Crippen LogP contribution in [0.25, 0.3) is 0 Å². The molecule has 146 valence electrons. The van der Waals surface area contributed by atoms with Crippen LogP contribution in [-0.2, 0) is 0 Å². The second-order valence-electron chi connectivity index (χ2n) is 6.76. The molecule has 2 N–H and O–H groups in total. The van der Waals surface area contributed by atoms with Crippen molar-refractivity contribution >= 4 is 46.3 Å². The number of nitrogens with zero attached hydrogens (tertiary/aromatic N) is 2. The van der Waals surface area contributed by atoms with Gasteiger partial charge in [-0.1, -0.05) is 23.9 Å². The van der Waals surface area contributed by atoms with Crippen molar-refractivity contribution in [3.63, 3.8) is 0 Å². The summed E-state index contributed by atoms with van der Waals surface area (Å²) in [5, 5.41) is 6.39. The van der Waals surface area contributed by atoms with E-state index in [9.17, 15) is 4.79 Å². The molecule has 0 unspecified atom stereocenters. The first-order valence-electron chi connectivity index (χ1n) is 9.31. The van der Waals surface area contributed by atoms with Gasteiger partial charge in [0.15, 0.2) is 0 Å². The lowest BCUT2D eigenvalue weighted by Gasteiger charge is -2.21. The van der Waals surface area contributed by atoms with E-state index in [1.807, 2.05) is 79.5 Å². The number of aliphatic imine (C=N–C) groups is 1. The highest BCUT2D eigenvalue weighted by molar-refractivity contribution is 7.99. The first-order chi connectivity index (χ1) is 14.0. The molecule has 1 aliphatic rings. The van der Waals surface area contributed by atoms with Gasteiger partial charge in [-0.25, -0.2) is 0 Å². The van der Waals surface area contributed by atoms with Gasteiger partial charge < -0.3 is 15.5 Å². The van der Waals surface area contributed by atoms with E-state index in [-0.39, 0.29) is 5.91 Å². The fourth-order valence-corrected chi connectivity index (χ4v) is 4.06. The predicted molar refractivity (Wildman–Crippen MR) is 122 cm³/mol. The van der Waals surface area contributed by atoms with E-state index in [1.54, 1.807) is 18.8 Å². The Morgan fingerprint density at radius 2 is 1.72 bits per heavy atom. The molecule has 3 aromatic carbocycles. The molecule has 0 aliphatic carbocycles. The van der Waals surface area contributed by atoms with Gasteiger partial charge >= 0.3 is 0 Å². The highest BCUT2D eigenvalue weighted by atomic mass is 32.2. The zero-order chi connectivity index (χ0) is 20.4. The van der Waals surface area contributed by atoms with Crippen LogP contribution in [0.1, 0.15) is 17.3 Å². The topological polar surface area (TPSA) is 56.7 Å². The summed E-state index contributed by atoms with van der Waals surface area (Å²) < 4.78 is 0. The van der Waals surface area contributed by atoms with E-state index in [0.717, 1.165) is 33.5 Å². The molecule has 0 saturated heterocycles. The van der Waals surface area contributed by atoms with Crippen LogP contribution in [0, 0.1) is 0 Å². The number of anilines is 4. The number of amidine groups is 1. The van der Waals surface area contributed by atoms with Gasteiger partial charge in [-0.2, -0.15) is 0 Å². The van der Waals surface area contributed by atoms with Crippen LogP contribution in [0.5, 0.6) is 0 Å². The highest BCUT2D eigenvalue weighted by Crippen LogP contribution is 2.44. The fourth-order valence-electron chi connectivity index (χ4n) is 3.09. The lowest BCUT2D eigenvalue weighted by atomic mass is 10.1. The number of hydrogen-bond donors (Lipinski definition) is 2. The molecule has 0 bridgehead atoms. The van der Waals surface area contributed by atoms with E-state index in [1.165, 1.54) is 4.90 Å². The summed E-state index contributed by atoms with van der Waals surface area (Å²) in [6, 6.07) is 21.6. The summed E-state index contributed by atoms with van der Waals surface area (Å²) in [4.78, 5) is 21.2. The highest BCUT2D eigenvalue weighted by Gasteiger charge is 2.17. The maximum Gasteiger partial charge on any atom is 0.255 e. The molecular weight excluding hydrogens is 380 g/mol. The van der Waals surface area contributed by atoms with Gasteiger partial charge in [-0.3, -0.25) is 9.79 Å². The van der Waals surface area contributed by atoms with Crippen molar-refractivity contribution in [2.24, 2.45) is 4.99 Å². The standard InChI is InChI=1S/C23H22N4OS/c1-15(24-2)27(3)18-11-9-17(10-12-18)25-23(28)16-8-13-22-20(14-16)26-19-6-4-5-7-21(19)29-22/h4-14,26H,1-3H3,(H,25,28). The smallest absolute Gasteiger partial charge is 0.255 e. The molecule has 5 nitrogen and oxygen atoms in total. The van der Waals surface area contributed by atoms with Crippen molar-refractivity contribution in [2.45, 2.75) is 16.7 Å². The molecule has 3 aromatic rings. The molecule has 1 aliphatic heterocycles. The monoisotopic (exact) mass is 402 g/mol. The van der Waals surface area contributed by atoms with Crippen molar-refractivity contribution in [3.05, 3.63) is 72.3 Å². The molecule has 0 fully saturated rings. The number of rotatable bonds is 3. The van der Waals surface area contributed by atoms with E-state index >= 15 is 0 Å². The predicted octanol–water partition coefficient (Wildman–Crippen LogP) is 5.63. The van der Waals surface area contributed by atoms with Crippen molar-refractivity contribution in [3.8, 4) is 0 Å². The van der Waals surface area contributed by atoms with Crippen LogP contribution >= 0.6 is 11.8 Å². The van der Waals surface area contributed by atoms with E-state index < -0.39 is 0 Å².